The van der Waals surface area contributed by atoms with Crippen LogP contribution in [0.25, 0.3) is 0 Å². The third kappa shape index (κ3) is 1.32. The molecule has 0 radical (unpaired) electrons. The number of sulfone groups is 1. The summed E-state index contributed by atoms with van der Waals surface area (Å²) in [6.45, 7) is 0. The van der Waals surface area contributed by atoms with Gasteiger partial charge in [0.05, 0.1) is 17.2 Å². The van der Waals surface area contributed by atoms with Crippen LogP contribution >= 0.6 is 11.3 Å². The topological polar surface area (TPSA) is 73.0 Å². The molecule has 0 saturated heterocycles. The molecule has 0 atom stereocenters. The van der Waals surface area contributed by atoms with Gasteiger partial charge in [-0.2, -0.15) is 0 Å². The second-order valence-electron chi connectivity index (χ2n) is 2.76. The van der Waals surface area contributed by atoms with Crippen molar-refractivity contribution in [3.8, 4) is 0 Å². The number of aromatic nitrogens is 1. The molecule has 0 saturated carbocycles. The van der Waals surface area contributed by atoms with Crippen LogP contribution in [-0.2, 0) is 22.0 Å². The molecule has 0 fully saturated rings. The molecule has 6 heteroatoms. The van der Waals surface area contributed by atoms with Gasteiger partial charge in [0.1, 0.15) is 0 Å². The molecular formula is C6H8N2O2S2. The molecule has 0 aliphatic carbocycles. The smallest absolute Gasteiger partial charge is 0.180 e. The van der Waals surface area contributed by atoms with Gasteiger partial charge < -0.3 is 5.73 Å². The zero-order valence-corrected chi connectivity index (χ0v) is 7.91. The first-order valence-electron chi connectivity index (χ1n) is 3.51. The summed E-state index contributed by atoms with van der Waals surface area (Å²) >= 11 is 1.28. The minimum atomic E-state index is -2.87. The fourth-order valence-electron chi connectivity index (χ4n) is 1.24. The summed E-state index contributed by atoms with van der Waals surface area (Å²) < 4.78 is 22.3. The first-order valence-corrected chi connectivity index (χ1v) is 6.15. The average Bonchev–Trinajstić information content (AvgIpc) is 2.26. The molecule has 1 aliphatic rings. The molecule has 0 amide bonds. The van der Waals surface area contributed by atoms with E-state index < -0.39 is 9.84 Å². The Morgan fingerprint density at radius 2 is 2.25 bits per heavy atom. The summed E-state index contributed by atoms with van der Waals surface area (Å²) in [5.41, 5.74) is 6.33. The second-order valence-corrected chi connectivity index (χ2v) is 6.06. The van der Waals surface area contributed by atoms with Gasteiger partial charge >= 0.3 is 0 Å². The highest BCUT2D eigenvalue weighted by atomic mass is 32.2. The third-order valence-electron chi connectivity index (χ3n) is 1.80. The Morgan fingerprint density at radius 1 is 1.50 bits per heavy atom. The zero-order chi connectivity index (χ0) is 8.77. The van der Waals surface area contributed by atoms with E-state index in [1.54, 1.807) is 0 Å². The van der Waals surface area contributed by atoms with Gasteiger partial charge in [0.25, 0.3) is 0 Å². The molecule has 1 aromatic rings. The number of hydrogen-bond donors (Lipinski definition) is 1. The Balaban J connectivity index is 2.47. The maximum absolute atomic E-state index is 11.2. The molecule has 1 aliphatic heterocycles. The zero-order valence-electron chi connectivity index (χ0n) is 6.28. The molecule has 1 aromatic heterocycles. The van der Waals surface area contributed by atoms with Crippen molar-refractivity contribution < 1.29 is 8.42 Å². The number of fused-ring (bicyclic) bond motifs is 1. The van der Waals surface area contributed by atoms with Gasteiger partial charge in [-0.05, 0) is 0 Å². The van der Waals surface area contributed by atoms with Crippen molar-refractivity contribution in [1.82, 2.24) is 4.98 Å². The lowest BCUT2D eigenvalue weighted by atomic mass is 10.3. The number of nitrogens with zero attached hydrogens (tertiary/aromatic N) is 1. The van der Waals surface area contributed by atoms with Crippen molar-refractivity contribution in [2.45, 2.75) is 12.2 Å². The monoisotopic (exact) mass is 204 g/mol. The summed E-state index contributed by atoms with van der Waals surface area (Å²) in [6.07, 6.45) is 0.519. The molecule has 2 N–H and O–H groups in total. The minimum Gasteiger partial charge on any atom is -0.375 e. The SMILES string of the molecule is Nc1nc2c(s1)CS(=O)(=O)CC2. The average molecular weight is 204 g/mol. The van der Waals surface area contributed by atoms with Crippen molar-refractivity contribution in [1.29, 1.82) is 0 Å². The van der Waals surface area contributed by atoms with Gasteiger partial charge in [0.15, 0.2) is 15.0 Å². The molecule has 0 bridgehead atoms. The van der Waals surface area contributed by atoms with E-state index in [1.807, 2.05) is 0 Å². The van der Waals surface area contributed by atoms with E-state index in [0.717, 1.165) is 10.6 Å². The van der Waals surface area contributed by atoms with Gasteiger partial charge in [0, 0.05) is 11.3 Å². The lowest BCUT2D eigenvalue weighted by Crippen LogP contribution is -2.17. The van der Waals surface area contributed by atoms with E-state index in [0.29, 0.717) is 11.6 Å². The van der Waals surface area contributed by atoms with Crippen LogP contribution in [0.1, 0.15) is 10.6 Å². The summed E-state index contributed by atoms with van der Waals surface area (Å²) in [7, 11) is -2.87. The third-order valence-corrected chi connectivity index (χ3v) is 4.46. The van der Waals surface area contributed by atoms with E-state index in [9.17, 15) is 8.42 Å². The molecular weight excluding hydrogens is 196 g/mol. The van der Waals surface area contributed by atoms with Gasteiger partial charge in [-0.1, -0.05) is 0 Å². The molecule has 0 spiro atoms. The lowest BCUT2D eigenvalue weighted by Gasteiger charge is -2.08. The van der Waals surface area contributed by atoms with Gasteiger partial charge in [-0.15, -0.1) is 11.3 Å². The van der Waals surface area contributed by atoms with Crippen LogP contribution in [0.3, 0.4) is 0 Å². The van der Waals surface area contributed by atoms with Crippen LogP contribution in [0.4, 0.5) is 5.13 Å². The van der Waals surface area contributed by atoms with Gasteiger partial charge in [0.2, 0.25) is 0 Å². The Labute approximate surface area is 74.3 Å². The summed E-state index contributed by atoms with van der Waals surface area (Å²) in [5.74, 6) is 0.334. The number of rotatable bonds is 0. The summed E-state index contributed by atoms with van der Waals surface area (Å²) in [4.78, 5) is 4.87. The predicted molar refractivity (Wildman–Crippen MR) is 47.7 cm³/mol. The molecule has 0 aromatic carbocycles. The molecule has 12 heavy (non-hydrogen) atoms. The van der Waals surface area contributed by atoms with Crippen LogP contribution < -0.4 is 5.73 Å². The Hall–Kier alpha value is -0.620. The quantitative estimate of drug-likeness (QED) is 0.655. The van der Waals surface area contributed by atoms with Crippen LogP contribution in [0, 0.1) is 0 Å². The van der Waals surface area contributed by atoms with Crippen molar-refractivity contribution in [3.05, 3.63) is 10.6 Å². The molecule has 2 rings (SSSR count). The van der Waals surface area contributed by atoms with Crippen LogP contribution in [-0.4, -0.2) is 19.2 Å². The Kier molecular flexibility index (Phi) is 1.62. The van der Waals surface area contributed by atoms with E-state index >= 15 is 0 Å². The standard InChI is InChI=1S/C6H8N2O2S2/c7-6-8-4-1-2-12(9,10)3-5(4)11-6/h1-3H2,(H2,7,8). The fourth-order valence-corrected chi connectivity index (χ4v) is 3.90. The maximum Gasteiger partial charge on any atom is 0.180 e. The van der Waals surface area contributed by atoms with E-state index in [2.05, 4.69) is 4.98 Å². The number of nitrogen functional groups attached to an aromatic ring is 1. The largest absolute Gasteiger partial charge is 0.375 e. The van der Waals surface area contributed by atoms with Crippen molar-refractivity contribution >= 4 is 26.3 Å². The van der Waals surface area contributed by atoms with Gasteiger partial charge in [-0.25, -0.2) is 13.4 Å². The first-order chi connectivity index (χ1) is 5.57. The number of thiazole rings is 1. The highest BCUT2D eigenvalue weighted by molar-refractivity contribution is 7.90. The van der Waals surface area contributed by atoms with Crippen molar-refractivity contribution in [3.63, 3.8) is 0 Å². The molecule has 0 unspecified atom stereocenters. The summed E-state index contributed by atoms with van der Waals surface area (Å²) in [5, 5.41) is 0.470. The number of hydrogen-bond acceptors (Lipinski definition) is 5. The van der Waals surface area contributed by atoms with E-state index in [4.69, 9.17) is 5.73 Å². The van der Waals surface area contributed by atoms with Crippen LogP contribution in [0.15, 0.2) is 0 Å². The number of nitrogens with two attached hydrogens (primary N) is 1. The van der Waals surface area contributed by atoms with Crippen molar-refractivity contribution in [2.24, 2.45) is 0 Å². The predicted octanol–water partition coefficient (Wildman–Crippen LogP) is 0.196. The van der Waals surface area contributed by atoms with Crippen LogP contribution in [0.2, 0.25) is 0 Å². The van der Waals surface area contributed by atoms with E-state index in [1.165, 1.54) is 11.3 Å². The molecule has 66 valence electrons. The van der Waals surface area contributed by atoms with Crippen LogP contribution in [0.5, 0.6) is 0 Å². The second kappa shape index (κ2) is 2.43. The number of aryl methyl sites for hydroxylation is 1. The lowest BCUT2D eigenvalue weighted by molar-refractivity contribution is 0.591. The maximum atomic E-state index is 11.2. The first kappa shape index (κ1) is 8.00. The summed E-state index contributed by atoms with van der Waals surface area (Å²) in [6, 6.07) is 0. The number of anilines is 1. The highest BCUT2D eigenvalue weighted by Crippen LogP contribution is 2.27. The van der Waals surface area contributed by atoms with Gasteiger partial charge in [-0.3, -0.25) is 0 Å². The Bertz CT molecular complexity index is 407. The highest BCUT2D eigenvalue weighted by Gasteiger charge is 2.24. The fraction of sp³-hybridized carbons (Fsp3) is 0.500. The van der Waals surface area contributed by atoms with E-state index in [-0.39, 0.29) is 11.5 Å². The van der Waals surface area contributed by atoms with Crippen molar-refractivity contribution in [2.75, 3.05) is 11.5 Å². The Morgan fingerprint density at radius 3 is 3.00 bits per heavy atom. The normalized spacial score (nSPS) is 20.3. The minimum absolute atomic E-state index is 0.122. The molecule has 2 heterocycles. The molecule has 4 nitrogen and oxygen atoms in total.